The number of carbonyl (C=O) groups is 3. The fourth-order valence-electron chi connectivity index (χ4n) is 6.03. The van der Waals surface area contributed by atoms with Crippen molar-refractivity contribution < 1.29 is 29.0 Å². The molecule has 2 aromatic rings. The molecular formula is C29H29NO6S. The van der Waals surface area contributed by atoms with Crippen LogP contribution in [0, 0.1) is 5.92 Å². The number of benzene rings is 2. The van der Waals surface area contributed by atoms with Gasteiger partial charge < -0.3 is 14.6 Å². The monoisotopic (exact) mass is 519 g/mol. The smallest absolute Gasteiger partial charge is 0.399 e. The lowest BCUT2D eigenvalue weighted by atomic mass is 9.84. The van der Waals surface area contributed by atoms with Gasteiger partial charge in [0.05, 0.1) is 12.5 Å². The summed E-state index contributed by atoms with van der Waals surface area (Å²) in [5, 5.41) is 9.92. The largest absolute Gasteiger partial charge is 0.421 e. The van der Waals surface area contributed by atoms with E-state index in [1.54, 1.807) is 18.7 Å². The standard InChI is InChI=1S/C29H29NO6S/c1-17(31)19-8-11-25-23(14-19)26(22-4-2-3-5-24(22)37-25)20-12-13-30(16-18-6-9-21(32)10-7-18)29(15-20)35-27(33)28(34)36-29/h2-5,8,11,14,18,21,32H,6-7,9-10,12-13,15-16H2,1H3/b26-20+. The first-order valence-corrected chi connectivity index (χ1v) is 13.7. The van der Waals surface area contributed by atoms with Crippen LogP contribution in [0.2, 0.25) is 0 Å². The van der Waals surface area contributed by atoms with Gasteiger partial charge in [-0.05, 0) is 79.8 Å². The van der Waals surface area contributed by atoms with E-state index in [1.807, 2.05) is 35.2 Å². The molecular weight excluding hydrogens is 490 g/mol. The number of ketones is 1. The van der Waals surface area contributed by atoms with Gasteiger partial charge in [-0.25, -0.2) is 14.5 Å². The van der Waals surface area contributed by atoms with Gasteiger partial charge in [0.1, 0.15) is 0 Å². The van der Waals surface area contributed by atoms with Gasteiger partial charge in [0.25, 0.3) is 0 Å². The average Bonchev–Trinajstić information content (AvgIpc) is 3.17. The summed E-state index contributed by atoms with van der Waals surface area (Å²) in [6, 6.07) is 14.0. The van der Waals surface area contributed by atoms with Gasteiger partial charge in [-0.15, -0.1) is 0 Å². The third-order valence-corrected chi connectivity index (χ3v) is 9.11. The predicted octanol–water partition coefficient (Wildman–Crippen LogP) is 4.56. The number of ether oxygens (including phenoxy) is 2. The number of fused-ring (bicyclic) bond motifs is 2. The van der Waals surface area contributed by atoms with Gasteiger partial charge in [0, 0.05) is 28.4 Å². The lowest BCUT2D eigenvalue weighted by Gasteiger charge is -2.44. The van der Waals surface area contributed by atoms with Crippen molar-refractivity contribution in [1.82, 2.24) is 4.90 Å². The number of nitrogens with zero attached hydrogens (tertiary/aromatic N) is 1. The van der Waals surface area contributed by atoms with Gasteiger partial charge in [0.2, 0.25) is 0 Å². The van der Waals surface area contributed by atoms with Crippen LogP contribution in [-0.4, -0.2) is 52.8 Å². The maximum absolute atomic E-state index is 12.3. The second-order valence-corrected chi connectivity index (χ2v) is 11.5. The first kappa shape index (κ1) is 24.4. The number of rotatable bonds is 3. The highest BCUT2D eigenvalue weighted by molar-refractivity contribution is 7.99. The minimum absolute atomic E-state index is 0.00134. The number of carbonyl (C=O) groups excluding carboxylic acids is 3. The van der Waals surface area contributed by atoms with Crippen molar-refractivity contribution >= 4 is 35.1 Å². The van der Waals surface area contributed by atoms with Gasteiger partial charge in [-0.3, -0.25) is 4.79 Å². The van der Waals surface area contributed by atoms with Crippen molar-refractivity contribution in [3.05, 3.63) is 64.7 Å². The number of likely N-dealkylation sites (tertiary alicyclic amines) is 1. The van der Waals surface area contributed by atoms with Crippen LogP contribution in [-0.2, 0) is 19.1 Å². The van der Waals surface area contributed by atoms with Crippen LogP contribution >= 0.6 is 11.8 Å². The summed E-state index contributed by atoms with van der Waals surface area (Å²) >= 11 is 1.67. The molecule has 0 bridgehead atoms. The molecule has 2 aromatic carbocycles. The number of esters is 2. The molecule has 3 heterocycles. The van der Waals surface area contributed by atoms with Crippen molar-refractivity contribution in [3.8, 4) is 0 Å². The SMILES string of the molecule is CC(=O)c1ccc2c(c1)/C(=C1\CCN(CC3CCC(O)CC3)C3(C1)OC(=O)C(=O)O3)c1ccccc1S2. The Morgan fingerprint density at radius 2 is 1.73 bits per heavy atom. The Balaban J connectivity index is 1.42. The molecule has 0 unspecified atom stereocenters. The number of aliphatic hydroxyl groups excluding tert-OH is 1. The maximum atomic E-state index is 12.3. The molecule has 0 aromatic heterocycles. The molecule has 3 fully saturated rings. The molecule has 37 heavy (non-hydrogen) atoms. The highest BCUT2D eigenvalue weighted by atomic mass is 32.2. The maximum Gasteiger partial charge on any atom is 0.421 e. The number of hydrogen-bond acceptors (Lipinski definition) is 8. The molecule has 0 amide bonds. The topological polar surface area (TPSA) is 93.1 Å². The van der Waals surface area contributed by atoms with Gasteiger partial charge in [0.15, 0.2) is 5.78 Å². The Kier molecular flexibility index (Phi) is 6.21. The van der Waals surface area contributed by atoms with E-state index in [0.717, 1.165) is 57.7 Å². The molecule has 0 atom stereocenters. The second kappa shape index (κ2) is 9.42. The second-order valence-electron chi connectivity index (χ2n) is 10.4. The first-order chi connectivity index (χ1) is 17.8. The van der Waals surface area contributed by atoms with E-state index >= 15 is 0 Å². The quantitative estimate of drug-likeness (QED) is 0.306. The predicted molar refractivity (Wildman–Crippen MR) is 137 cm³/mol. The van der Waals surface area contributed by atoms with E-state index in [2.05, 4.69) is 12.1 Å². The van der Waals surface area contributed by atoms with Crippen LogP contribution in [0.4, 0.5) is 0 Å². The van der Waals surface area contributed by atoms with Crippen LogP contribution in [0.25, 0.3) is 5.57 Å². The van der Waals surface area contributed by atoms with E-state index < -0.39 is 17.8 Å². The van der Waals surface area contributed by atoms with E-state index in [1.165, 1.54) is 0 Å². The zero-order chi connectivity index (χ0) is 25.7. The summed E-state index contributed by atoms with van der Waals surface area (Å²) in [5.74, 6) is -3.07. The van der Waals surface area contributed by atoms with Crippen molar-refractivity contribution in [2.75, 3.05) is 13.1 Å². The fraction of sp³-hybridized carbons (Fsp3) is 0.414. The normalized spacial score (nSPS) is 26.9. The average molecular weight is 520 g/mol. The molecule has 0 radical (unpaired) electrons. The van der Waals surface area contributed by atoms with Crippen LogP contribution in [0.15, 0.2) is 57.8 Å². The zero-order valence-electron chi connectivity index (χ0n) is 20.7. The molecule has 8 heteroatoms. The zero-order valence-corrected chi connectivity index (χ0v) is 21.5. The number of piperidine rings is 1. The Labute approximate surface area is 219 Å². The minimum atomic E-state index is -1.47. The molecule has 1 N–H and O–H groups in total. The molecule has 192 valence electrons. The summed E-state index contributed by atoms with van der Waals surface area (Å²) < 4.78 is 11.4. The highest BCUT2D eigenvalue weighted by Gasteiger charge is 2.56. The third kappa shape index (κ3) is 4.41. The van der Waals surface area contributed by atoms with Crippen molar-refractivity contribution in [2.45, 2.75) is 67.3 Å². The summed E-state index contributed by atoms with van der Waals surface area (Å²) in [7, 11) is 0. The lowest BCUT2D eigenvalue weighted by Crippen LogP contribution is -2.55. The Hall–Kier alpha value is -2.94. The summed E-state index contributed by atoms with van der Waals surface area (Å²) in [6.07, 6.45) is 3.98. The van der Waals surface area contributed by atoms with Gasteiger partial charge in [-0.1, -0.05) is 41.6 Å². The van der Waals surface area contributed by atoms with E-state index in [-0.39, 0.29) is 18.3 Å². The number of Topliss-reactive ketones (excluding diaryl/α,β-unsaturated/α-hetero) is 1. The molecule has 1 spiro atoms. The third-order valence-electron chi connectivity index (χ3n) is 7.95. The van der Waals surface area contributed by atoms with Crippen LogP contribution in [0.1, 0.15) is 66.9 Å². The van der Waals surface area contributed by atoms with E-state index in [9.17, 15) is 19.5 Å². The van der Waals surface area contributed by atoms with E-state index in [4.69, 9.17) is 9.47 Å². The molecule has 4 aliphatic rings. The Bertz CT molecular complexity index is 1310. The Morgan fingerprint density at radius 1 is 1.03 bits per heavy atom. The molecule has 1 aliphatic carbocycles. The molecule has 6 rings (SSSR count). The highest BCUT2D eigenvalue weighted by Crippen LogP contribution is 2.50. The summed E-state index contributed by atoms with van der Waals surface area (Å²) in [5.41, 5.74) is 4.74. The Morgan fingerprint density at radius 3 is 2.46 bits per heavy atom. The molecule has 3 aliphatic heterocycles. The first-order valence-electron chi connectivity index (χ1n) is 12.9. The van der Waals surface area contributed by atoms with Crippen molar-refractivity contribution in [3.63, 3.8) is 0 Å². The molecule has 2 saturated heterocycles. The van der Waals surface area contributed by atoms with Gasteiger partial charge in [-0.2, -0.15) is 0 Å². The lowest BCUT2D eigenvalue weighted by molar-refractivity contribution is -0.258. The van der Waals surface area contributed by atoms with Crippen LogP contribution in [0.3, 0.4) is 0 Å². The van der Waals surface area contributed by atoms with E-state index in [0.29, 0.717) is 31.0 Å². The van der Waals surface area contributed by atoms with Crippen LogP contribution in [0.5, 0.6) is 0 Å². The minimum Gasteiger partial charge on any atom is -0.399 e. The number of aliphatic hydroxyl groups is 1. The molecule has 7 nitrogen and oxygen atoms in total. The van der Waals surface area contributed by atoms with Crippen LogP contribution < -0.4 is 0 Å². The summed E-state index contributed by atoms with van der Waals surface area (Å²) in [6.45, 7) is 2.76. The summed E-state index contributed by atoms with van der Waals surface area (Å²) in [4.78, 5) is 41.0. The van der Waals surface area contributed by atoms with Crippen molar-refractivity contribution in [2.24, 2.45) is 5.92 Å². The number of hydrogen-bond donors (Lipinski definition) is 1. The van der Waals surface area contributed by atoms with Crippen molar-refractivity contribution in [1.29, 1.82) is 0 Å². The molecule has 1 saturated carbocycles. The van der Waals surface area contributed by atoms with Gasteiger partial charge >= 0.3 is 17.8 Å². The fourth-order valence-corrected chi connectivity index (χ4v) is 7.10.